The van der Waals surface area contributed by atoms with Crippen molar-refractivity contribution in [2.45, 2.75) is 45.2 Å². The Bertz CT molecular complexity index is 999. The highest BCUT2D eigenvalue weighted by Crippen LogP contribution is 2.29. The highest BCUT2D eigenvalue weighted by molar-refractivity contribution is 5.95. The number of carbonyl (C=O) groups is 1. The summed E-state index contributed by atoms with van der Waals surface area (Å²) >= 11 is 0. The maximum Gasteiger partial charge on any atom is 0.241 e. The van der Waals surface area contributed by atoms with E-state index in [9.17, 15) is 4.79 Å². The Hall–Kier alpha value is -3.11. The second-order valence-corrected chi connectivity index (χ2v) is 8.42. The van der Waals surface area contributed by atoms with Crippen LogP contribution in [0, 0.1) is 0 Å². The summed E-state index contributed by atoms with van der Waals surface area (Å²) in [5.41, 5.74) is 5.71. The SMILES string of the molecule is CC(C)N(C(=O)CN[C@@H]1CCCc2ccccc21)c1ccc(Nc2ccccc2)cc1. The summed E-state index contributed by atoms with van der Waals surface area (Å²) in [6, 6.07) is 27.1. The van der Waals surface area contributed by atoms with Crippen molar-refractivity contribution in [1.29, 1.82) is 0 Å². The Kier molecular flexibility index (Phi) is 6.68. The van der Waals surface area contributed by atoms with Crippen molar-refractivity contribution < 1.29 is 4.79 Å². The minimum atomic E-state index is 0.0841. The molecular formula is C27H31N3O. The van der Waals surface area contributed by atoms with E-state index in [1.165, 1.54) is 11.1 Å². The average Bonchev–Trinajstić information content (AvgIpc) is 2.79. The van der Waals surface area contributed by atoms with Crippen molar-refractivity contribution in [1.82, 2.24) is 5.32 Å². The zero-order valence-corrected chi connectivity index (χ0v) is 18.3. The van der Waals surface area contributed by atoms with Crippen molar-refractivity contribution in [3.63, 3.8) is 0 Å². The highest BCUT2D eigenvalue weighted by Gasteiger charge is 2.23. The molecule has 4 nitrogen and oxygen atoms in total. The quantitative estimate of drug-likeness (QED) is 0.511. The lowest BCUT2D eigenvalue weighted by molar-refractivity contribution is -0.118. The van der Waals surface area contributed by atoms with Crippen LogP contribution in [0.1, 0.15) is 43.9 Å². The van der Waals surface area contributed by atoms with Crippen LogP contribution in [0.4, 0.5) is 17.1 Å². The van der Waals surface area contributed by atoms with Crippen molar-refractivity contribution in [2.75, 3.05) is 16.8 Å². The van der Waals surface area contributed by atoms with Crippen molar-refractivity contribution in [3.8, 4) is 0 Å². The van der Waals surface area contributed by atoms with E-state index in [1.54, 1.807) is 0 Å². The van der Waals surface area contributed by atoms with Crippen LogP contribution in [0.25, 0.3) is 0 Å². The van der Waals surface area contributed by atoms with Gasteiger partial charge in [0, 0.05) is 29.1 Å². The fourth-order valence-corrected chi connectivity index (χ4v) is 4.39. The third kappa shape index (κ3) is 5.15. The Labute approximate surface area is 185 Å². The number of benzene rings is 3. The molecule has 1 aliphatic rings. The Morgan fingerprint density at radius 3 is 2.35 bits per heavy atom. The number of amides is 1. The van der Waals surface area contributed by atoms with Gasteiger partial charge in [-0.15, -0.1) is 0 Å². The number of nitrogens with zero attached hydrogens (tertiary/aromatic N) is 1. The number of carbonyl (C=O) groups excluding carboxylic acids is 1. The molecule has 0 radical (unpaired) electrons. The second-order valence-electron chi connectivity index (χ2n) is 8.42. The van der Waals surface area contributed by atoms with E-state index >= 15 is 0 Å². The molecule has 0 spiro atoms. The lowest BCUT2D eigenvalue weighted by Crippen LogP contribution is -2.43. The van der Waals surface area contributed by atoms with Crippen molar-refractivity contribution >= 4 is 23.0 Å². The molecule has 0 aliphatic heterocycles. The van der Waals surface area contributed by atoms with Crippen LogP contribution in [0.3, 0.4) is 0 Å². The first-order valence-corrected chi connectivity index (χ1v) is 11.2. The van der Waals surface area contributed by atoms with E-state index in [2.05, 4.69) is 48.7 Å². The Balaban J connectivity index is 1.42. The molecule has 0 unspecified atom stereocenters. The van der Waals surface area contributed by atoms with Crippen LogP contribution >= 0.6 is 0 Å². The molecule has 1 atom stereocenters. The summed E-state index contributed by atoms with van der Waals surface area (Å²) in [6.07, 6.45) is 3.36. The summed E-state index contributed by atoms with van der Waals surface area (Å²) < 4.78 is 0. The minimum absolute atomic E-state index is 0.0841. The second kappa shape index (κ2) is 9.80. The molecule has 0 heterocycles. The molecule has 4 rings (SSSR count). The molecule has 0 saturated carbocycles. The summed E-state index contributed by atoms with van der Waals surface area (Å²) in [4.78, 5) is 15.0. The van der Waals surface area contributed by atoms with E-state index in [4.69, 9.17) is 0 Å². The molecule has 1 aliphatic carbocycles. The Morgan fingerprint density at radius 1 is 0.935 bits per heavy atom. The summed E-state index contributed by atoms with van der Waals surface area (Å²) in [5.74, 6) is 0.0989. The average molecular weight is 414 g/mol. The van der Waals surface area contributed by atoms with Gasteiger partial charge in [0.15, 0.2) is 0 Å². The maximum absolute atomic E-state index is 13.2. The predicted octanol–water partition coefficient (Wildman–Crippen LogP) is 5.84. The summed E-state index contributed by atoms with van der Waals surface area (Å²) in [5, 5.41) is 6.91. The third-order valence-electron chi connectivity index (χ3n) is 5.86. The van der Waals surface area contributed by atoms with E-state index in [1.807, 2.05) is 59.5 Å². The van der Waals surface area contributed by atoms with Crippen molar-refractivity contribution in [3.05, 3.63) is 90.0 Å². The number of rotatable bonds is 7. The van der Waals surface area contributed by atoms with Crippen LogP contribution in [0.5, 0.6) is 0 Å². The minimum Gasteiger partial charge on any atom is -0.356 e. The fraction of sp³-hybridized carbons (Fsp3) is 0.296. The normalized spacial score (nSPS) is 15.4. The van der Waals surface area contributed by atoms with Gasteiger partial charge in [-0.05, 0) is 80.6 Å². The van der Waals surface area contributed by atoms with E-state index in [0.29, 0.717) is 6.54 Å². The summed E-state index contributed by atoms with van der Waals surface area (Å²) in [7, 11) is 0. The highest BCUT2D eigenvalue weighted by atomic mass is 16.2. The lowest BCUT2D eigenvalue weighted by Gasteiger charge is -2.30. The number of anilines is 3. The zero-order chi connectivity index (χ0) is 21.6. The molecule has 0 bridgehead atoms. The van der Waals surface area contributed by atoms with Crippen LogP contribution in [-0.2, 0) is 11.2 Å². The van der Waals surface area contributed by atoms with E-state index in [-0.39, 0.29) is 18.0 Å². The topological polar surface area (TPSA) is 44.4 Å². The molecule has 160 valence electrons. The standard InChI is InChI=1S/C27H31N3O/c1-20(2)30(24-17-15-23(16-18-24)29-22-11-4-3-5-12-22)27(31)19-28-26-14-8-10-21-9-6-7-13-25(21)26/h3-7,9,11-13,15-18,20,26,28-29H,8,10,14,19H2,1-2H3/t26-/m1/s1. The fourth-order valence-electron chi connectivity index (χ4n) is 4.39. The first kappa shape index (κ1) is 21.1. The number of para-hydroxylation sites is 1. The Morgan fingerprint density at radius 2 is 1.61 bits per heavy atom. The molecule has 1 amide bonds. The molecule has 31 heavy (non-hydrogen) atoms. The molecule has 2 N–H and O–H groups in total. The van der Waals surface area contributed by atoms with Crippen molar-refractivity contribution in [2.24, 2.45) is 0 Å². The number of aryl methyl sites for hydroxylation is 1. The van der Waals surface area contributed by atoms with Gasteiger partial charge in [0.05, 0.1) is 6.54 Å². The molecule has 0 fully saturated rings. The van der Waals surface area contributed by atoms with Gasteiger partial charge in [-0.25, -0.2) is 0 Å². The van der Waals surface area contributed by atoms with Crippen LogP contribution < -0.4 is 15.5 Å². The molecule has 0 aromatic heterocycles. The van der Waals surface area contributed by atoms with Gasteiger partial charge >= 0.3 is 0 Å². The van der Waals surface area contributed by atoms with E-state index < -0.39 is 0 Å². The van der Waals surface area contributed by atoms with Crippen LogP contribution in [0.15, 0.2) is 78.9 Å². The molecular weight excluding hydrogens is 382 g/mol. The zero-order valence-electron chi connectivity index (χ0n) is 18.3. The first-order chi connectivity index (χ1) is 15.1. The summed E-state index contributed by atoms with van der Waals surface area (Å²) in [6.45, 7) is 4.45. The lowest BCUT2D eigenvalue weighted by atomic mass is 9.88. The molecule has 4 heteroatoms. The van der Waals surface area contributed by atoms with Gasteiger partial charge in [-0.2, -0.15) is 0 Å². The van der Waals surface area contributed by atoms with Crippen LogP contribution in [0.2, 0.25) is 0 Å². The number of hydrogen-bond donors (Lipinski definition) is 2. The monoisotopic (exact) mass is 413 g/mol. The van der Waals surface area contributed by atoms with Crippen LogP contribution in [-0.4, -0.2) is 18.5 Å². The van der Waals surface area contributed by atoms with Gasteiger partial charge < -0.3 is 15.5 Å². The van der Waals surface area contributed by atoms with Gasteiger partial charge in [0.25, 0.3) is 0 Å². The van der Waals surface area contributed by atoms with Gasteiger partial charge in [0.1, 0.15) is 0 Å². The van der Waals surface area contributed by atoms with Gasteiger partial charge in [-0.1, -0.05) is 42.5 Å². The van der Waals surface area contributed by atoms with E-state index in [0.717, 1.165) is 36.3 Å². The number of nitrogens with one attached hydrogen (secondary N) is 2. The molecule has 3 aromatic rings. The molecule has 0 saturated heterocycles. The maximum atomic E-state index is 13.2. The van der Waals surface area contributed by atoms with Gasteiger partial charge in [-0.3, -0.25) is 4.79 Å². The van der Waals surface area contributed by atoms with Gasteiger partial charge in [0.2, 0.25) is 5.91 Å². The smallest absolute Gasteiger partial charge is 0.241 e. The molecule has 3 aromatic carbocycles. The first-order valence-electron chi connectivity index (χ1n) is 11.2. The third-order valence-corrected chi connectivity index (χ3v) is 5.86. The predicted molar refractivity (Wildman–Crippen MR) is 129 cm³/mol. The largest absolute Gasteiger partial charge is 0.356 e. The number of fused-ring (bicyclic) bond motifs is 1. The number of hydrogen-bond acceptors (Lipinski definition) is 3.